The molecule has 78 valence electrons. The van der Waals surface area contributed by atoms with Gasteiger partial charge in [-0.05, 0) is 26.0 Å². The molecule has 0 spiro atoms. The quantitative estimate of drug-likeness (QED) is 0.729. The second-order valence-electron chi connectivity index (χ2n) is 3.66. The van der Waals surface area contributed by atoms with Gasteiger partial charge in [-0.15, -0.1) is 0 Å². The predicted molar refractivity (Wildman–Crippen MR) is 56.4 cm³/mol. The molecule has 1 aliphatic rings. The van der Waals surface area contributed by atoms with Crippen LogP contribution in [0.5, 0.6) is 0 Å². The number of aromatic nitrogens is 2. The minimum absolute atomic E-state index is 0.373. The molecule has 1 aromatic rings. The summed E-state index contributed by atoms with van der Waals surface area (Å²) in [6.45, 7) is 3.81. The van der Waals surface area contributed by atoms with Crippen LogP contribution in [0.4, 0.5) is 5.95 Å². The number of hydrogen-bond acceptors (Lipinski definition) is 5. The van der Waals surface area contributed by atoms with Crippen LogP contribution in [-0.2, 0) is 0 Å². The molecule has 0 amide bonds. The van der Waals surface area contributed by atoms with E-state index >= 15 is 0 Å². The first-order chi connectivity index (χ1) is 7.28. The summed E-state index contributed by atoms with van der Waals surface area (Å²) in [6.07, 6.45) is 1.07. The lowest BCUT2D eigenvalue weighted by molar-refractivity contribution is 0.778. The van der Waals surface area contributed by atoms with Crippen molar-refractivity contribution in [2.45, 2.75) is 19.4 Å². The van der Waals surface area contributed by atoms with Crippen molar-refractivity contribution in [2.24, 2.45) is 0 Å². The maximum Gasteiger partial charge on any atom is 0.224 e. The molecule has 5 heteroatoms. The predicted octanol–water partition coefficient (Wildman–Crippen LogP) is 0.430. The third-order valence-electron chi connectivity index (χ3n) is 2.36. The van der Waals surface area contributed by atoms with Crippen molar-refractivity contribution < 1.29 is 0 Å². The molecule has 15 heavy (non-hydrogen) atoms. The van der Waals surface area contributed by atoms with Gasteiger partial charge in [-0.3, -0.25) is 0 Å². The monoisotopic (exact) mass is 203 g/mol. The van der Waals surface area contributed by atoms with Gasteiger partial charge in [0.1, 0.15) is 11.8 Å². The normalized spacial score (nSPS) is 19.9. The second-order valence-corrected chi connectivity index (χ2v) is 3.66. The van der Waals surface area contributed by atoms with E-state index in [9.17, 15) is 0 Å². The van der Waals surface area contributed by atoms with E-state index in [1.54, 1.807) is 6.07 Å². The van der Waals surface area contributed by atoms with Crippen LogP contribution in [-0.4, -0.2) is 29.1 Å². The summed E-state index contributed by atoms with van der Waals surface area (Å²) in [5.74, 6) is 0.556. The van der Waals surface area contributed by atoms with Gasteiger partial charge in [0.25, 0.3) is 0 Å². The van der Waals surface area contributed by atoms with Crippen LogP contribution in [0.15, 0.2) is 6.07 Å². The van der Waals surface area contributed by atoms with Crippen molar-refractivity contribution in [3.8, 4) is 6.07 Å². The van der Waals surface area contributed by atoms with E-state index in [-0.39, 0.29) is 0 Å². The highest BCUT2D eigenvalue weighted by molar-refractivity contribution is 5.34. The largest absolute Gasteiger partial charge is 0.350 e. The number of hydrogen-bond donors (Lipinski definition) is 2. The summed E-state index contributed by atoms with van der Waals surface area (Å²) in [6, 6.07) is 4.08. The molecule has 2 N–H and O–H groups in total. The Balaban J connectivity index is 2.13. The van der Waals surface area contributed by atoms with Crippen LogP contribution in [0, 0.1) is 18.3 Å². The molecule has 2 heterocycles. The summed E-state index contributed by atoms with van der Waals surface area (Å²) in [5.41, 5.74) is 1.23. The molecule has 0 aliphatic carbocycles. The number of rotatable bonds is 2. The fraction of sp³-hybridized carbons (Fsp3) is 0.500. The molecule has 0 aromatic carbocycles. The summed E-state index contributed by atoms with van der Waals surface area (Å²) in [5, 5.41) is 15.2. The van der Waals surface area contributed by atoms with E-state index < -0.39 is 0 Å². The standard InChI is InChI=1S/C10H13N5/c1-7-4-9(5-11)15-10(13-7)14-8-2-3-12-6-8/h4,8,12H,2-3,6H2,1H3,(H,13,14,15). The first-order valence-corrected chi connectivity index (χ1v) is 5.01. The third-order valence-corrected chi connectivity index (χ3v) is 2.36. The summed E-state index contributed by atoms with van der Waals surface area (Å²) in [7, 11) is 0. The van der Waals surface area contributed by atoms with Crippen LogP contribution >= 0.6 is 0 Å². The first-order valence-electron chi connectivity index (χ1n) is 5.01. The third kappa shape index (κ3) is 2.42. The minimum atomic E-state index is 0.373. The lowest BCUT2D eigenvalue weighted by Gasteiger charge is -2.11. The number of nitrogens with one attached hydrogen (secondary N) is 2. The smallest absolute Gasteiger partial charge is 0.224 e. The summed E-state index contributed by atoms with van der Waals surface area (Å²) >= 11 is 0. The SMILES string of the molecule is Cc1cc(C#N)nc(NC2CCNC2)n1. The highest BCUT2D eigenvalue weighted by Gasteiger charge is 2.15. The molecular formula is C10H13N5. The van der Waals surface area contributed by atoms with E-state index in [4.69, 9.17) is 5.26 Å². The lowest BCUT2D eigenvalue weighted by atomic mass is 10.3. The molecule has 5 nitrogen and oxygen atoms in total. The van der Waals surface area contributed by atoms with Crippen molar-refractivity contribution in [1.82, 2.24) is 15.3 Å². The number of nitrogens with zero attached hydrogens (tertiary/aromatic N) is 3. The van der Waals surface area contributed by atoms with E-state index in [0.29, 0.717) is 17.7 Å². The molecule has 1 aliphatic heterocycles. The Labute approximate surface area is 88.5 Å². The van der Waals surface area contributed by atoms with Gasteiger partial charge in [0, 0.05) is 18.3 Å². The van der Waals surface area contributed by atoms with Crippen LogP contribution in [0.2, 0.25) is 0 Å². The average Bonchev–Trinajstić information content (AvgIpc) is 2.69. The topological polar surface area (TPSA) is 73.6 Å². The van der Waals surface area contributed by atoms with Gasteiger partial charge in [-0.1, -0.05) is 0 Å². The Bertz CT molecular complexity index is 389. The summed E-state index contributed by atoms with van der Waals surface area (Å²) in [4.78, 5) is 8.35. The van der Waals surface area contributed by atoms with E-state index in [1.807, 2.05) is 13.0 Å². The molecule has 1 atom stereocenters. The van der Waals surface area contributed by atoms with Crippen molar-refractivity contribution in [1.29, 1.82) is 5.26 Å². The van der Waals surface area contributed by atoms with E-state index in [0.717, 1.165) is 25.2 Å². The molecule has 1 fully saturated rings. The minimum Gasteiger partial charge on any atom is -0.350 e. The Morgan fingerprint density at radius 1 is 1.60 bits per heavy atom. The van der Waals surface area contributed by atoms with Crippen molar-refractivity contribution in [3.05, 3.63) is 17.5 Å². The fourth-order valence-electron chi connectivity index (χ4n) is 1.65. The first kappa shape index (κ1) is 9.87. The molecule has 0 saturated carbocycles. The fourth-order valence-corrected chi connectivity index (χ4v) is 1.65. The van der Waals surface area contributed by atoms with Crippen LogP contribution in [0.25, 0.3) is 0 Å². The molecule has 2 rings (SSSR count). The van der Waals surface area contributed by atoms with Gasteiger partial charge in [-0.25, -0.2) is 9.97 Å². The molecule has 1 aromatic heterocycles. The molecular weight excluding hydrogens is 190 g/mol. The maximum absolute atomic E-state index is 8.77. The Morgan fingerprint density at radius 2 is 2.47 bits per heavy atom. The second kappa shape index (κ2) is 4.24. The number of nitriles is 1. The molecule has 1 saturated heterocycles. The zero-order valence-corrected chi connectivity index (χ0v) is 8.62. The Kier molecular flexibility index (Phi) is 2.79. The molecule has 0 bridgehead atoms. The van der Waals surface area contributed by atoms with E-state index in [1.165, 1.54) is 0 Å². The highest BCUT2D eigenvalue weighted by atomic mass is 15.1. The summed E-state index contributed by atoms with van der Waals surface area (Å²) < 4.78 is 0. The Morgan fingerprint density at radius 3 is 3.13 bits per heavy atom. The van der Waals surface area contributed by atoms with Crippen LogP contribution in [0.3, 0.4) is 0 Å². The molecule has 0 radical (unpaired) electrons. The van der Waals surface area contributed by atoms with Crippen molar-refractivity contribution >= 4 is 5.95 Å². The zero-order valence-electron chi connectivity index (χ0n) is 8.62. The zero-order chi connectivity index (χ0) is 10.7. The Hall–Kier alpha value is -1.67. The van der Waals surface area contributed by atoms with Gasteiger partial charge < -0.3 is 10.6 Å². The molecule has 1 unspecified atom stereocenters. The highest BCUT2D eigenvalue weighted by Crippen LogP contribution is 2.08. The van der Waals surface area contributed by atoms with Gasteiger partial charge in [0.2, 0.25) is 5.95 Å². The van der Waals surface area contributed by atoms with Crippen LogP contribution in [0.1, 0.15) is 17.8 Å². The van der Waals surface area contributed by atoms with Gasteiger partial charge in [0.05, 0.1) is 0 Å². The van der Waals surface area contributed by atoms with E-state index in [2.05, 4.69) is 20.6 Å². The van der Waals surface area contributed by atoms with Crippen LogP contribution < -0.4 is 10.6 Å². The van der Waals surface area contributed by atoms with Crippen molar-refractivity contribution in [3.63, 3.8) is 0 Å². The number of anilines is 1. The lowest BCUT2D eigenvalue weighted by Crippen LogP contribution is -2.23. The average molecular weight is 203 g/mol. The van der Waals surface area contributed by atoms with Gasteiger partial charge in [-0.2, -0.15) is 5.26 Å². The van der Waals surface area contributed by atoms with Crippen molar-refractivity contribution in [2.75, 3.05) is 18.4 Å². The number of aryl methyl sites for hydroxylation is 1. The van der Waals surface area contributed by atoms with Gasteiger partial charge >= 0.3 is 0 Å². The van der Waals surface area contributed by atoms with Gasteiger partial charge in [0.15, 0.2) is 0 Å². The maximum atomic E-state index is 8.77.